The van der Waals surface area contributed by atoms with E-state index in [1.807, 2.05) is 91.9 Å². The summed E-state index contributed by atoms with van der Waals surface area (Å²) < 4.78 is 6.80. The van der Waals surface area contributed by atoms with Crippen LogP contribution in [0.3, 0.4) is 0 Å². The molecule has 0 aliphatic carbocycles. The number of nitriles is 1. The monoisotopic (exact) mass is 508 g/mol. The molecule has 4 nitrogen and oxygen atoms in total. The van der Waals surface area contributed by atoms with Crippen LogP contribution in [0.5, 0.6) is 5.75 Å². The van der Waals surface area contributed by atoms with Crippen molar-refractivity contribution in [3.05, 3.63) is 105 Å². The molecular weight excluding hydrogens is 487 g/mol. The molecule has 0 unspecified atom stereocenters. The van der Waals surface area contributed by atoms with Gasteiger partial charge in [-0.1, -0.05) is 66.7 Å². The van der Waals surface area contributed by atoms with Gasteiger partial charge in [-0.05, 0) is 64.4 Å². The van der Waals surface area contributed by atoms with E-state index < -0.39 is 5.91 Å². The lowest BCUT2D eigenvalue weighted by Crippen LogP contribution is -2.27. The second-order valence-electron chi connectivity index (χ2n) is 6.74. The summed E-state index contributed by atoms with van der Waals surface area (Å²) in [6, 6.07) is 27.0. The number of carbonyl (C=O) groups excluding carboxylic acids is 1. The molecule has 5 heteroatoms. The Bertz CT molecular complexity index is 1070. The lowest BCUT2D eigenvalue weighted by atomic mass is 10.1. The predicted octanol–water partition coefficient (Wildman–Crippen LogP) is 5.65. The van der Waals surface area contributed by atoms with Gasteiger partial charge < -0.3 is 10.1 Å². The van der Waals surface area contributed by atoms with Crippen LogP contribution in [0.15, 0.2) is 84.4 Å². The first-order valence-electron chi connectivity index (χ1n) is 9.50. The summed E-state index contributed by atoms with van der Waals surface area (Å²) in [5.74, 6) is 0.366. The summed E-state index contributed by atoms with van der Waals surface area (Å²) >= 11 is 2.19. The number of hydrogen-bond acceptors (Lipinski definition) is 3. The van der Waals surface area contributed by atoms with Gasteiger partial charge in [-0.15, -0.1) is 0 Å². The van der Waals surface area contributed by atoms with Gasteiger partial charge in [0.2, 0.25) is 0 Å². The third-order valence-electron chi connectivity index (χ3n) is 4.52. The summed E-state index contributed by atoms with van der Waals surface area (Å²) in [6.45, 7) is 2.37. The van der Waals surface area contributed by atoms with Crippen LogP contribution in [0.2, 0.25) is 0 Å². The highest BCUT2D eigenvalue weighted by atomic mass is 127. The summed E-state index contributed by atoms with van der Waals surface area (Å²) in [5.41, 5.74) is 2.91. The molecule has 0 aliphatic rings. The molecule has 0 heterocycles. The highest BCUT2D eigenvalue weighted by Crippen LogP contribution is 2.24. The summed E-state index contributed by atoms with van der Waals surface area (Å²) in [4.78, 5) is 12.5. The molecule has 1 atom stereocenters. The molecule has 0 fully saturated rings. The third kappa shape index (κ3) is 5.94. The maximum atomic E-state index is 12.5. The number of nitrogens with one attached hydrogen (secondary N) is 1. The number of hydrogen-bond donors (Lipinski definition) is 1. The Hall–Kier alpha value is -3.11. The van der Waals surface area contributed by atoms with Crippen molar-refractivity contribution in [1.29, 1.82) is 5.26 Å². The number of nitrogens with zero attached hydrogens (tertiary/aromatic N) is 1. The Morgan fingerprint density at radius 3 is 2.40 bits per heavy atom. The van der Waals surface area contributed by atoms with Crippen LogP contribution in [0.4, 0.5) is 0 Å². The van der Waals surface area contributed by atoms with Crippen molar-refractivity contribution in [3.63, 3.8) is 0 Å². The van der Waals surface area contributed by atoms with Gasteiger partial charge >= 0.3 is 0 Å². The Morgan fingerprint density at radius 2 is 1.77 bits per heavy atom. The zero-order valence-corrected chi connectivity index (χ0v) is 18.7. The van der Waals surface area contributed by atoms with Gasteiger partial charge in [-0.25, -0.2) is 0 Å². The molecule has 0 spiro atoms. The fraction of sp³-hybridized carbons (Fsp3) is 0.120. The lowest BCUT2D eigenvalue weighted by molar-refractivity contribution is -0.117. The van der Waals surface area contributed by atoms with Crippen molar-refractivity contribution in [3.8, 4) is 11.8 Å². The van der Waals surface area contributed by atoms with Gasteiger partial charge in [0.05, 0.1) is 9.61 Å². The normalized spacial score (nSPS) is 12.0. The van der Waals surface area contributed by atoms with Gasteiger partial charge in [0.1, 0.15) is 24.0 Å². The second-order valence-corrected chi connectivity index (χ2v) is 7.90. The van der Waals surface area contributed by atoms with Crippen LogP contribution >= 0.6 is 22.6 Å². The van der Waals surface area contributed by atoms with Crippen LogP contribution in [0.25, 0.3) is 6.08 Å². The molecule has 150 valence electrons. The third-order valence-corrected chi connectivity index (χ3v) is 5.36. The molecule has 3 aromatic rings. The number of halogens is 1. The van der Waals surface area contributed by atoms with Crippen molar-refractivity contribution in [2.24, 2.45) is 0 Å². The SMILES string of the molecule is C[C@H](NC(=O)/C(C#N)=C\c1ccc(OCc2ccccc2)c(I)c1)c1ccccc1. The van der Waals surface area contributed by atoms with Crippen LogP contribution in [-0.4, -0.2) is 5.91 Å². The van der Waals surface area contributed by atoms with E-state index in [-0.39, 0.29) is 11.6 Å². The predicted molar refractivity (Wildman–Crippen MR) is 127 cm³/mol. The van der Waals surface area contributed by atoms with E-state index in [0.29, 0.717) is 6.61 Å². The van der Waals surface area contributed by atoms with Crippen LogP contribution in [0, 0.1) is 14.9 Å². The average molecular weight is 508 g/mol. The molecular formula is C25H21IN2O2. The Kier molecular flexibility index (Phi) is 7.63. The summed E-state index contributed by atoms with van der Waals surface area (Å²) in [5, 5.41) is 12.3. The number of benzene rings is 3. The number of rotatable bonds is 7. The van der Waals surface area contributed by atoms with Crippen molar-refractivity contribution < 1.29 is 9.53 Å². The molecule has 0 radical (unpaired) electrons. The average Bonchev–Trinajstić information content (AvgIpc) is 2.78. The maximum Gasteiger partial charge on any atom is 0.262 e. The maximum absolute atomic E-state index is 12.5. The number of carbonyl (C=O) groups is 1. The van der Waals surface area contributed by atoms with Crippen molar-refractivity contribution in [1.82, 2.24) is 5.32 Å². The van der Waals surface area contributed by atoms with E-state index in [0.717, 1.165) is 26.0 Å². The Balaban J connectivity index is 1.68. The largest absolute Gasteiger partial charge is 0.488 e. The highest BCUT2D eigenvalue weighted by Gasteiger charge is 2.14. The van der Waals surface area contributed by atoms with Crippen LogP contribution < -0.4 is 10.1 Å². The molecule has 0 saturated carbocycles. The molecule has 0 saturated heterocycles. The minimum Gasteiger partial charge on any atom is -0.488 e. The Labute approximate surface area is 190 Å². The van der Waals surface area contributed by atoms with E-state index in [1.54, 1.807) is 6.08 Å². The molecule has 3 rings (SSSR count). The second kappa shape index (κ2) is 10.6. The van der Waals surface area contributed by atoms with Gasteiger partial charge in [-0.3, -0.25) is 4.79 Å². The van der Waals surface area contributed by atoms with E-state index in [9.17, 15) is 10.1 Å². The van der Waals surface area contributed by atoms with Gasteiger partial charge in [-0.2, -0.15) is 5.26 Å². The van der Waals surface area contributed by atoms with E-state index in [4.69, 9.17) is 4.74 Å². The quantitative estimate of drug-likeness (QED) is 0.255. The fourth-order valence-corrected chi connectivity index (χ4v) is 3.57. The van der Waals surface area contributed by atoms with Crippen molar-refractivity contribution in [2.45, 2.75) is 19.6 Å². The summed E-state index contributed by atoms with van der Waals surface area (Å²) in [6.07, 6.45) is 1.59. The van der Waals surface area contributed by atoms with E-state index in [2.05, 4.69) is 27.9 Å². The Morgan fingerprint density at radius 1 is 1.10 bits per heavy atom. The molecule has 3 aromatic carbocycles. The molecule has 0 bridgehead atoms. The van der Waals surface area contributed by atoms with Crippen LogP contribution in [-0.2, 0) is 11.4 Å². The first kappa shape index (κ1) is 21.6. The van der Waals surface area contributed by atoms with Crippen molar-refractivity contribution >= 4 is 34.6 Å². The fourth-order valence-electron chi connectivity index (χ4n) is 2.87. The van der Waals surface area contributed by atoms with Gasteiger partial charge in [0, 0.05) is 0 Å². The first-order valence-corrected chi connectivity index (χ1v) is 10.6. The molecule has 0 aromatic heterocycles. The van der Waals surface area contributed by atoms with Gasteiger partial charge in [0.15, 0.2) is 0 Å². The zero-order chi connectivity index (χ0) is 21.3. The number of amides is 1. The molecule has 1 N–H and O–H groups in total. The minimum absolute atomic E-state index is 0.0616. The molecule has 0 aliphatic heterocycles. The van der Waals surface area contributed by atoms with Crippen LogP contribution in [0.1, 0.15) is 29.7 Å². The minimum atomic E-state index is -0.395. The summed E-state index contributed by atoms with van der Waals surface area (Å²) in [7, 11) is 0. The first-order chi connectivity index (χ1) is 14.6. The zero-order valence-electron chi connectivity index (χ0n) is 16.5. The smallest absolute Gasteiger partial charge is 0.262 e. The molecule has 1 amide bonds. The van der Waals surface area contributed by atoms with Gasteiger partial charge in [0.25, 0.3) is 5.91 Å². The standard InChI is InChI=1S/C25H21IN2O2/c1-18(21-10-6-3-7-11-21)28-25(29)22(16-27)14-20-12-13-24(23(26)15-20)30-17-19-8-4-2-5-9-19/h2-15,18H,17H2,1H3,(H,28,29)/b22-14-/t18-/m0/s1. The topological polar surface area (TPSA) is 62.1 Å². The molecule has 30 heavy (non-hydrogen) atoms. The van der Waals surface area contributed by atoms with Crippen molar-refractivity contribution in [2.75, 3.05) is 0 Å². The lowest BCUT2D eigenvalue weighted by Gasteiger charge is -2.14. The van der Waals surface area contributed by atoms with E-state index >= 15 is 0 Å². The number of ether oxygens (including phenoxy) is 1. The highest BCUT2D eigenvalue weighted by molar-refractivity contribution is 14.1. The van der Waals surface area contributed by atoms with E-state index in [1.165, 1.54) is 0 Å².